The molecule has 0 aliphatic heterocycles. The second kappa shape index (κ2) is 10.1. The van der Waals surface area contributed by atoms with Crippen LogP contribution in [0.3, 0.4) is 0 Å². The Labute approximate surface area is 190 Å². The minimum Gasteiger partial charge on any atom is -0.147 e. The molecule has 0 aromatic heterocycles. The summed E-state index contributed by atoms with van der Waals surface area (Å²) in [6, 6.07) is 18.5. The van der Waals surface area contributed by atoms with Crippen LogP contribution in [0.5, 0.6) is 0 Å². The number of rotatable bonds is 4. The zero-order valence-corrected chi connectivity index (χ0v) is 22.2. The van der Waals surface area contributed by atoms with Crippen LogP contribution in [0, 0.1) is 5.92 Å². The monoisotopic (exact) mass is 506 g/mol. The van der Waals surface area contributed by atoms with Gasteiger partial charge in [-0.2, -0.15) is 0 Å². The summed E-state index contributed by atoms with van der Waals surface area (Å²) < 4.78 is 2.67. The van der Waals surface area contributed by atoms with Gasteiger partial charge in [-0.3, -0.25) is 0 Å². The quantitative estimate of drug-likeness (QED) is 0.371. The Morgan fingerprint density at radius 3 is 1.86 bits per heavy atom. The van der Waals surface area contributed by atoms with Crippen LogP contribution in [-0.2, 0) is 20.4 Å². The molecule has 4 heteroatoms. The number of allylic oxidation sites excluding steroid dienone is 4. The van der Waals surface area contributed by atoms with Crippen LogP contribution in [0.2, 0.25) is 13.1 Å². The van der Waals surface area contributed by atoms with E-state index in [0.29, 0.717) is 0 Å². The van der Waals surface area contributed by atoms with E-state index in [1.807, 2.05) is 3.28 Å². The van der Waals surface area contributed by atoms with E-state index < -0.39 is 20.4 Å². The van der Waals surface area contributed by atoms with Crippen molar-refractivity contribution < 1.29 is 20.4 Å². The topological polar surface area (TPSA) is 0 Å². The van der Waals surface area contributed by atoms with Crippen molar-refractivity contribution in [3.63, 3.8) is 0 Å². The molecule has 0 heterocycles. The van der Waals surface area contributed by atoms with Crippen LogP contribution in [-0.4, -0.2) is 5.43 Å². The van der Waals surface area contributed by atoms with Crippen LogP contribution >= 0.6 is 24.8 Å². The van der Waals surface area contributed by atoms with Crippen molar-refractivity contribution in [3.05, 3.63) is 80.7 Å². The molecule has 0 fully saturated rings. The molecule has 2 aromatic rings. The number of benzene rings is 2. The van der Waals surface area contributed by atoms with Gasteiger partial charge in [0.15, 0.2) is 0 Å². The van der Waals surface area contributed by atoms with E-state index >= 15 is 0 Å². The first-order valence-electron chi connectivity index (χ1n) is 9.94. The maximum absolute atomic E-state index is 2.61. The van der Waals surface area contributed by atoms with Gasteiger partial charge in [0.1, 0.15) is 0 Å². The van der Waals surface area contributed by atoms with Gasteiger partial charge in [0.2, 0.25) is 0 Å². The molecule has 0 nitrogen and oxygen atoms in total. The van der Waals surface area contributed by atoms with E-state index in [2.05, 4.69) is 87.6 Å². The Bertz CT molecular complexity index is 909. The van der Waals surface area contributed by atoms with Gasteiger partial charge in [-0.15, -0.1) is 24.8 Å². The molecule has 0 saturated heterocycles. The number of hydrogen-bond donors (Lipinski definition) is 0. The second-order valence-electron chi connectivity index (χ2n) is 7.69. The summed E-state index contributed by atoms with van der Waals surface area (Å²) in [5.74, 6) is 0.721. The van der Waals surface area contributed by atoms with Crippen molar-refractivity contribution in [2.75, 3.05) is 0 Å². The molecule has 28 heavy (non-hydrogen) atoms. The Kier molecular flexibility index (Phi) is 8.59. The van der Waals surface area contributed by atoms with Crippen LogP contribution < -0.4 is 0 Å². The van der Waals surface area contributed by atoms with Crippen molar-refractivity contribution in [1.29, 1.82) is 0 Å². The Morgan fingerprint density at radius 2 is 1.39 bits per heavy atom. The first-order valence-corrected chi connectivity index (χ1v) is 18.8. The first kappa shape index (κ1) is 23.9. The van der Waals surface area contributed by atoms with Gasteiger partial charge < -0.3 is 0 Å². The smallest absolute Gasteiger partial charge is 0.147 e. The molecule has 0 radical (unpaired) electrons. The molecular weight excluding hydrogens is 478 g/mol. The molecule has 148 valence electrons. The second-order valence-corrected chi connectivity index (χ2v) is 25.0. The van der Waals surface area contributed by atoms with Crippen molar-refractivity contribution in [1.82, 2.24) is 0 Å². The molecule has 2 aromatic carbocycles. The number of halogens is 2. The zero-order chi connectivity index (χ0) is 18.3. The average Bonchev–Trinajstić information content (AvgIpc) is 3.22. The Hall–Kier alpha value is -0.400. The average molecular weight is 509 g/mol. The van der Waals surface area contributed by atoms with E-state index in [1.54, 1.807) is 16.7 Å². The van der Waals surface area contributed by atoms with E-state index in [0.717, 1.165) is 9.54 Å². The fourth-order valence-electron chi connectivity index (χ4n) is 4.86. The molecule has 0 saturated carbocycles. The van der Waals surface area contributed by atoms with E-state index in [-0.39, 0.29) is 30.2 Å². The molecule has 0 spiro atoms. The van der Waals surface area contributed by atoms with Crippen LogP contribution in [0.15, 0.2) is 69.5 Å². The minimum absolute atomic E-state index is 0. The molecule has 1 unspecified atom stereocenters. The van der Waals surface area contributed by atoms with Crippen molar-refractivity contribution in [2.24, 2.45) is 5.92 Å². The molecule has 0 N–H and O–H groups in total. The first-order chi connectivity index (χ1) is 12.7. The molecule has 0 amide bonds. The third-order valence-corrected chi connectivity index (χ3v) is 24.4. The number of hydrogen-bond acceptors (Lipinski definition) is 0. The van der Waals surface area contributed by atoms with Crippen molar-refractivity contribution in [2.45, 2.75) is 43.4 Å². The van der Waals surface area contributed by atoms with Crippen molar-refractivity contribution in [3.8, 4) is 11.1 Å². The molecule has 1 atom stereocenters. The van der Waals surface area contributed by atoms with E-state index in [9.17, 15) is 0 Å². The van der Waals surface area contributed by atoms with Gasteiger partial charge in [0.05, 0.1) is 0 Å². The Balaban J connectivity index is 0.00000140. The fourth-order valence-corrected chi connectivity index (χ4v) is 24.8. The van der Waals surface area contributed by atoms with Crippen LogP contribution in [0.4, 0.5) is 0 Å². The standard InChI is InChI=1S/C13H9.C9H13.C2H6Si.2ClH.Zr/c1-3-7-12-10(5-1)9-11-6-2-4-8-13(11)12;1-3-8-5-6-9(4-2)7-8;1-3-2;;;/h1-9H;5-6,8H,3-4H2,1-2H3;1-2H3;2*1H;. The summed E-state index contributed by atoms with van der Waals surface area (Å²) in [5, 5.41) is 0. The van der Waals surface area contributed by atoms with Crippen molar-refractivity contribution >= 4 is 30.2 Å². The van der Waals surface area contributed by atoms with Gasteiger partial charge in [-0.05, 0) is 0 Å². The largest absolute Gasteiger partial charge is 0.147 e. The summed E-state index contributed by atoms with van der Waals surface area (Å²) >= 11 is -1.86. The van der Waals surface area contributed by atoms with Gasteiger partial charge in [0.25, 0.3) is 0 Å². The van der Waals surface area contributed by atoms with E-state index in [4.69, 9.17) is 0 Å². The third kappa shape index (κ3) is 3.95. The summed E-state index contributed by atoms with van der Waals surface area (Å²) in [6.07, 6.45) is 7.47. The summed E-state index contributed by atoms with van der Waals surface area (Å²) in [5.41, 5.74) is 7.67. The zero-order valence-electron chi connectivity index (χ0n) is 17.2. The third-order valence-electron chi connectivity index (χ3n) is 6.02. The predicted octanol–water partition coefficient (Wildman–Crippen LogP) is 7.73. The van der Waals surface area contributed by atoms with Gasteiger partial charge in [-0.25, -0.2) is 0 Å². The van der Waals surface area contributed by atoms with Gasteiger partial charge in [0, 0.05) is 0 Å². The summed E-state index contributed by atoms with van der Waals surface area (Å²) in [4.78, 5) is 0. The van der Waals surface area contributed by atoms with Crippen LogP contribution in [0.25, 0.3) is 11.1 Å². The SMILES string of the molecule is CCC1=[C]([Zr]([CH]2c3ccccc3-c3ccccc32)=[Si](C)C)C(CC)C=C1.Cl.Cl. The maximum atomic E-state index is 2.61. The fraction of sp³-hybridized carbons (Fsp3) is 0.333. The predicted molar refractivity (Wildman–Crippen MR) is 126 cm³/mol. The van der Waals surface area contributed by atoms with Gasteiger partial charge in [-0.1, -0.05) is 0 Å². The van der Waals surface area contributed by atoms with E-state index in [1.165, 1.54) is 24.0 Å². The Morgan fingerprint density at radius 1 is 0.857 bits per heavy atom. The van der Waals surface area contributed by atoms with Crippen LogP contribution in [0.1, 0.15) is 41.4 Å². The normalized spacial score (nSPS) is 16.9. The minimum atomic E-state index is -1.86. The molecular formula is C24H30Cl2SiZr. The molecule has 2 aliphatic rings. The maximum Gasteiger partial charge on any atom is -0.147 e. The summed E-state index contributed by atoms with van der Waals surface area (Å²) in [6.45, 7) is 9.94. The van der Waals surface area contributed by atoms with Gasteiger partial charge >= 0.3 is 167 Å². The number of fused-ring (bicyclic) bond motifs is 3. The summed E-state index contributed by atoms with van der Waals surface area (Å²) in [7, 11) is 0. The molecule has 0 bridgehead atoms. The molecule has 2 aliphatic carbocycles. The molecule has 4 rings (SSSR count).